The van der Waals surface area contributed by atoms with E-state index in [1.54, 1.807) is 24.3 Å². The Hall–Kier alpha value is -3.69. The number of nitrogens with zero attached hydrogens (tertiary/aromatic N) is 1. The van der Waals surface area contributed by atoms with Crippen molar-refractivity contribution in [3.63, 3.8) is 0 Å². The van der Waals surface area contributed by atoms with Crippen LogP contribution in [-0.2, 0) is 22.4 Å². The lowest BCUT2D eigenvalue weighted by molar-refractivity contribution is -0.140. The summed E-state index contributed by atoms with van der Waals surface area (Å²) in [5.41, 5.74) is 1.81. The fourth-order valence-corrected chi connectivity index (χ4v) is 3.34. The van der Waals surface area contributed by atoms with Crippen LogP contribution in [0.1, 0.15) is 40.7 Å². The van der Waals surface area contributed by atoms with Gasteiger partial charge in [-0.25, -0.2) is 9.78 Å². The second-order valence-corrected chi connectivity index (χ2v) is 7.14. The number of rotatable bonds is 9. The van der Waals surface area contributed by atoms with Crippen molar-refractivity contribution in [3.8, 4) is 0 Å². The largest absolute Gasteiger partial charge is 0.481 e. The molecule has 0 bridgehead atoms. The van der Waals surface area contributed by atoms with Crippen LogP contribution < -0.4 is 16.2 Å². The zero-order valence-corrected chi connectivity index (χ0v) is 16.1. The molecular formula is C20H22N4O6. The fraction of sp³-hybridized carbons (Fsp3) is 0.350. The minimum absolute atomic E-state index is 0.101. The van der Waals surface area contributed by atoms with Crippen LogP contribution in [0.4, 0.5) is 5.82 Å². The van der Waals surface area contributed by atoms with Gasteiger partial charge < -0.3 is 25.8 Å². The number of amides is 1. The molecule has 0 radical (unpaired) electrons. The minimum Gasteiger partial charge on any atom is -0.481 e. The number of hydrogen-bond acceptors (Lipinski definition) is 6. The first-order valence-electron chi connectivity index (χ1n) is 9.51. The number of nitrogens with one attached hydrogen (secondary N) is 3. The summed E-state index contributed by atoms with van der Waals surface area (Å²) < 4.78 is 0. The van der Waals surface area contributed by atoms with Crippen LogP contribution in [0.25, 0.3) is 0 Å². The lowest BCUT2D eigenvalue weighted by Crippen LogP contribution is -2.41. The Labute approximate surface area is 171 Å². The molecule has 158 valence electrons. The lowest BCUT2D eigenvalue weighted by atomic mass is 10.0. The summed E-state index contributed by atoms with van der Waals surface area (Å²) in [7, 11) is 0. The fourth-order valence-electron chi connectivity index (χ4n) is 3.34. The molecule has 3 rings (SSSR count). The van der Waals surface area contributed by atoms with Gasteiger partial charge in [-0.1, -0.05) is 12.1 Å². The van der Waals surface area contributed by atoms with Crippen LogP contribution in [0.5, 0.6) is 0 Å². The van der Waals surface area contributed by atoms with Gasteiger partial charge in [0.05, 0.1) is 11.9 Å². The van der Waals surface area contributed by atoms with Crippen LogP contribution in [-0.4, -0.2) is 50.1 Å². The number of aryl methyl sites for hydroxylation is 1. The summed E-state index contributed by atoms with van der Waals surface area (Å²) in [6.07, 6.45) is 2.93. The predicted molar refractivity (Wildman–Crippen MR) is 106 cm³/mol. The number of hydrogen-bond donors (Lipinski definition) is 5. The van der Waals surface area contributed by atoms with Crippen molar-refractivity contribution in [1.82, 2.24) is 15.3 Å². The smallest absolute Gasteiger partial charge is 0.326 e. The maximum atomic E-state index is 12.3. The second kappa shape index (κ2) is 9.21. The molecule has 0 saturated carbocycles. The predicted octanol–water partition coefficient (Wildman–Crippen LogP) is 0.787. The number of anilines is 1. The number of aliphatic carboxylic acids is 2. The number of aromatic amines is 1. The lowest BCUT2D eigenvalue weighted by Gasteiger charge is -2.14. The Morgan fingerprint density at radius 2 is 1.93 bits per heavy atom. The summed E-state index contributed by atoms with van der Waals surface area (Å²) in [6, 6.07) is 5.61. The number of fused-ring (bicyclic) bond motifs is 1. The van der Waals surface area contributed by atoms with Gasteiger partial charge in [0, 0.05) is 24.4 Å². The number of benzene rings is 1. The number of carbonyl (C=O) groups is 3. The van der Waals surface area contributed by atoms with Crippen LogP contribution >= 0.6 is 0 Å². The highest BCUT2D eigenvalue weighted by molar-refractivity contribution is 5.96. The number of carbonyl (C=O) groups excluding carboxylic acids is 1. The van der Waals surface area contributed by atoms with Crippen molar-refractivity contribution < 1.29 is 24.6 Å². The summed E-state index contributed by atoms with van der Waals surface area (Å²) in [6.45, 7) is 0. The quantitative estimate of drug-likeness (QED) is 0.402. The maximum Gasteiger partial charge on any atom is 0.326 e. The van der Waals surface area contributed by atoms with Gasteiger partial charge in [-0.15, -0.1) is 0 Å². The Balaban J connectivity index is 1.53. The zero-order chi connectivity index (χ0) is 21.7. The molecule has 0 saturated heterocycles. The molecule has 1 aliphatic rings. The van der Waals surface area contributed by atoms with Gasteiger partial charge in [-0.2, -0.15) is 0 Å². The molecule has 2 aromatic rings. The van der Waals surface area contributed by atoms with Gasteiger partial charge in [-0.3, -0.25) is 14.4 Å². The van der Waals surface area contributed by atoms with E-state index in [0.29, 0.717) is 23.4 Å². The van der Waals surface area contributed by atoms with Gasteiger partial charge in [0.25, 0.3) is 11.5 Å². The van der Waals surface area contributed by atoms with E-state index in [0.717, 1.165) is 18.4 Å². The monoisotopic (exact) mass is 414 g/mol. The molecule has 10 nitrogen and oxygen atoms in total. The van der Waals surface area contributed by atoms with Crippen molar-refractivity contribution in [3.05, 3.63) is 57.6 Å². The first-order valence-corrected chi connectivity index (χ1v) is 9.51. The number of carboxylic acid groups (broad SMARTS) is 2. The summed E-state index contributed by atoms with van der Waals surface area (Å²) in [5, 5.41) is 23.4. The van der Waals surface area contributed by atoms with Crippen molar-refractivity contribution in [2.75, 3.05) is 5.32 Å². The molecule has 2 heterocycles. The molecule has 1 unspecified atom stereocenters. The molecule has 10 heteroatoms. The van der Waals surface area contributed by atoms with E-state index < -0.39 is 23.9 Å². The van der Waals surface area contributed by atoms with E-state index in [9.17, 15) is 19.2 Å². The average molecular weight is 414 g/mol. The Kier molecular flexibility index (Phi) is 6.45. The van der Waals surface area contributed by atoms with E-state index in [1.807, 2.05) is 0 Å². The molecule has 2 atom stereocenters. The van der Waals surface area contributed by atoms with Gasteiger partial charge >= 0.3 is 11.9 Å². The Morgan fingerprint density at radius 1 is 1.20 bits per heavy atom. The topological polar surface area (TPSA) is 161 Å². The number of aromatic nitrogens is 2. The first kappa shape index (κ1) is 21.0. The van der Waals surface area contributed by atoms with Crippen molar-refractivity contribution in [2.45, 2.75) is 44.2 Å². The highest BCUT2D eigenvalue weighted by atomic mass is 16.4. The van der Waals surface area contributed by atoms with Gasteiger partial charge in [0.1, 0.15) is 11.9 Å². The van der Waals surface area contributed by atoms with Crippen molar-refractivity contribution >= 4 is 23.7 Å². The standard InChI is InChI=1S/C20H22N4O6/c25-16(26)8-7-15(20(29)30)24-18(27)12-4-1-11(2-5-12)3-6-13-9-14-17(23-13)21-10-22-19(14)28/h1-2,4-5,10,13,15H,3,6-9H2,(H,24,27)(H,25,26)(H,29,30)(H2,21,22,23,28)/t13?,15-/m0/s1. The van der Waals surface area contributed by atoms with Crippen LogP contribution in [0.15, 0.2) is 35.4 Å². The van der Waals surface area contributed by atoms with Gasteiger partial charge in [0.2, 0.25) is 0 Å². The normalized spacial score (nSPS) is 15.7. The van der Waals surface area contributed by atoms with Gasteiger partial charge in [0.15, 0.2) is 0 Å². The molecule has 1 amide bonds. The molecule has 30 heavy (non-hydrogen) atoms. The van der Waals surface area contributed by atoms with E-state index in [1.165, 1.54) is 6.33 Å². The SMILES string of the molecule is O=C(O)CC[C@H](NC(=O)c1ccc(CCC2Cc3c(nc[nH]c3=O)N2)cc1)C(=O)O. The van der Waals surface area contributed by atoms with Crippen LogP contribution in [0.3, 0.4) is 0 Å². The summed E-state index contributed by atoms with van der Waals surface area (Å²) in [5.74, 6) is -2.36. The molecular weight excluding hydrogens is 392 g/mol. The third-order valence-electron chi connectivity index (χ3n) is 4.99. The molecule has 1 aromatic carbocycles. The number of H-pyrrole nitrogens is 1. The first-order chi connectivity index (χ1) is 14.3. The molecule has 1 aromatic heterocycles. The highest BCUT2D eigenvalue weighted by Gasteiger charge is 2.24. The third kappa shape index (κ3) is 5.22. The van der Waals surface area contributed by atoms with Crippen molar-refractivity contribution in [2.24, 2.45) is 0 Å². The Bertz CT molecular complexity index is 1000. The van der Waals surface area contributed by atoms with Crippen LogP contribution in [0, 0.1) is 0 Å². The average Bonchev–Trinajstić information content (AvgIpc) is 3.14. The highest BCUT2D eigenvalue weighted by Crippen LogP contribution is 2.22. The maximum absolute atomic E-state index is 12.3. The van der Waals surface area contributed by atoms with Crippen LogP contribution in [0.2, 0.25) is 0 Å². The second-order valence-electron chi connectivity index (χ2n) is 7.14. The van der Waals surface area contributed by atoms with E-state index >= 15 is 0 Å². The van der Waals surface area contributed by atoms with E-state index in [4.69, 9.17) is 10.2 Å². The molecule has 1 aliphatic heterocycles. The van der Waals surface area contributed by atoms with Crippen molar-refractivity contribution in [1.29, 1.82) is 0 Å². The summed E-state index contributed by atoms with van der Waals surface area (Å²) in [4.78, 5) is 52.6. The molecule has 0 fully saturated rings. The molecule has 0 aliphatic carbocycles. The van der Waals surface area contributed by atoms with E-state index in [-0.39, 0.29) is 24.4 Å². The zero-order valence-electron chi connectivity index (χ0n) is 16.1. The molecule has 5 N–H and O–H groups in total. The Morgan fingerprint density at radius 3 is 2.57 bits per heavy atom. The summed E-state index contributed by atoms with van der Waals surface area (Å²) >= 11 is 0. The van der Waals surface area contributed by atoms with Gasteiger partial charge in [-0.05, 0) is 37.0 Å². The van der Waals surface area contributed by atoms with E-state index in [2.05, 4.69) is 20.6 Å². The molecule has 0 spiro atoms. The third-order valence-corrected chi connectivity index (χ3v) is 4.99. The minimum atomic E-state index is -1.28. The number of carboxylic acids is 2.